The molecule has 0 N–H and O–H groups in total. The van der Waals surface area contributed by atoms with E-state index in [1.807, 2.05) is 0 Å². The minimum atomic E-state index is 1.02. The summed E-state index contributed by atoms with van der Waals surface area (Å²) in [7, 11) is 0. The highest BCUT2D eigenvalue weighted by Crippen LogP contribution is 2.45. The van der Waals surface area contributed by atoms with Crippen molar-refractivity contribution >= 4 is 44.4 Å². The van der Waals surface area contributed by atoms with E-state index in [9.17, 15) is 0 Å². The molecule has 11 rings (SSSR count). The first-order chi connectivity index (χ1) is 26.6. The van der Waals surface area contributed by atoms with Gasteiger partial charge in [-0.1, -0.05) is 102 Å². The molecule has 0 bridgehead atoms. The smallest absolute Gasteiger partial charge is 0.0547 e. The molecule has 2 nitrogen and oxygen atoms in total. The fraction of sp³-hybridized carbons (Fsp3) is 0.115. The molecule has 0 unspecified atom stereocenters. The highest BCUT2D eigenvalue weighted by atomic mass is 15.0. The van der Waals surface area contributed by atoms with Crippen LogP contribution in [0.4, 0.5) is 0 Å². The van der Waals surface area contributed by atoms with Crippen LogP contribution in [0.3, 0.4) is 0 Å². The van der Waals surface area contributed by atoms with Gasteiger partial charge >= 0.3 is 0 Å². The van der Waals surface area contributed by atoms with E-state index in [1.54, 1.807) is 0 Å². The van der Waals surface area contributed by atoms with E-state index in [4.69, 9.17) is 0 Å². The molecule has 0 aliphatic heterocycles. The predicted octanol–water partition coefficient (Wildman–Crippen LogP) is 13.3. The number of fused-ring (bicyclic) bond motifs is 9. The lowest BCUT2D eigenvalue weighted by atomic mass is 9.83. The molecule has 258 valence electrons. The molecule has 2 aromatic heterocycles. The van der Waals surface area contributed by atoms with Crippen molar-refractivity contribution < 1.29 is 0 Å². The second-order valence-corrected chi connectivity index (χ2v) is 15.4. The molecule has 0 fully saturated rings. The van der Waals surface area contributed by atoms with Crippen LogP contribution < -0.4 is 0 Å². The van der Waals surface area contributed by atoms with Gasteiger partial charge in [-0.3, -0.25) is 0 Å². The van der Waals surface area contributed by atoms with E-state index in [0.717, 1.165) is 25.7 Å². The monoisotopic (exact) mass is 692 g/mol. The van der Waals surface area contributed by atoms with Gasteiger partial charge in [0.1, 0.15) is 0 Å². The lowest BCUT2D eigenvalue weighted by molar-refractivity contribution is 0.897. The summed E-state index contributed by atoms with van der Waals surface area (Å²) in [5, 5.41) is 3.99. The Morgan fingerprint density at radius 3 is 1.59 bits per heavy atom. The van der Waals surface area contributed by atoms with E-state index >= 15 is 0 Å². The van der Waals surface area contributed by atoms with Gasteiger partial charge in [0.2, 0.25) is 0 Å². The van der Waals surface area contributed by atoms with Crippen molar-refractivity contribution in [3.05, 3.63) is 191 Å². The number of aromatic nitrogens is 2. The van der Waals surface area contributed by atoms with Gasteiger partial charge in [-0.2, -0.15) is 0 Å². The van der Waals surface area contributed by atoms with Gasteiger partial charge in [0.25, 0.3) is 0 Å². The summed E-state index contributed by atoms with van der Waals surface area (Å²) in [4.78, 5) is 0. The molecule has 2 aliphatic rings. The van der Waals surface area contributed by atoms with Crippen LogP contribution in [0.15, 0.2) is 152 Å². The summed E-state index contributed by atoms with van der Waals surface area (Å²) in [5.41, 5.74) is 22.5. The van der Waals surface area contributed by atoms with Crippen LogP contribution in [0.1, 0.15) is 45.5 Å². The van der Waals surface area contributed by atoms with Crippen molar-refractivity contribution in [1.29, 1.82) is 0 Å². The van der Waals surface area contributed by atoms with Crippen LogP contribution in [-0.4, -0.2) is 9.13 Å². The van der Waals surface area contributed by atoms with Crippen LogP contribution in [-0.2, 0) is 19.3 Å². The first kappa shape index (κ1) is 31.2. The number of hydrogen-bond donors (Lipinski definition) is 0. The third-order valence-electron chi connectivity index (χ3n) is 12.1. The fourth-order valence-corrected chi connectivity index (χ4v) is 9.31. The van der Waals surface area contributed by atoms with Gasteiger partial charge < -0.3 is 9.13 Å². The van der Waals surface area contributed by atoms with Crippen LogP contribution in [0, 0.1) is 13.8 Å². The summed E-state index contributed by atoms with van der Waals surface area (Å²) in [6.07, 6.45) is 6.61. The van der Waals surface area contributed by atoms with Crippen molar-refractivity contribution in [3.63, 3.8) is 0 Å². The zero-order valence-corrected chi connectivity index (χ0v) is 30.7. The van der Waals surface area contributed by atoms with Gasteiger partial charge in [-0.15, -0.1) is 0 Å². The zero-order valence-electron chi connectivity index (χ0n) is 30.7. The molecular formula is C52H40N2. The van der Waals surface area contributed by atoms with Crippen LogP contribution in [0.2, 0.25) is 0 Å². The lowest BCUT2D eigenvalue weighted by Crippen LogP contribution is -2.06. The Balaban J connectivity index is 1.15. The summed E-state index contributed by atoms with van der Waals surface area (Å²) in [5.74, 6) is 0. The standard InChI is InChI=1S/C52H40N2/c1-33-13-17-35(18-14-33)37-23-25-49-45(27-37)47-29-39-21-22-40-30-48-46-28-38(36-19-15-34(2)16-20-36)24-26-50(46)54(42-11-7-4-8-12-42)52(48)32-44(40)43(39)31-51(47)53(49)41-9-5-3-6-10-41/h3-20,23,25,27-32H,21-22,24,26H2,1-2H3. The minimum absolute atomic E-state index is 1.02. The molecule has 0 amide bonds. The number of allylic oxidation sites excluding steroid dienone is 1. The molecule has 0 radical (unpaired) electrons. The summed E-state index contributed by atoms with van der Waals surface area (Å²) in [6.45, 7) is 4.32. The highest BCUT2D eigenvalue weighted by molar-refractivity contribution is 6.12. The lowest BCUT2D eigenvalue weighted by Gasteiger charge is -2.22. The average Bonchev–Trinajstić information content (AvgIpc) is 3.71. The molecule has 2 heterocycles. The quantitative estimate of drug-likeness (QED) is 0.174. The van der Waals surface area contributed by atoms with Gasteiger partial charge in [0, 0.05) is 38.8 Å². The number of hydrogen-bond acceptors (Lipinski definition) is 0. The summed E-state index contributed by atoms with van der Waals surface area (Å²) >= 11 is 0. The van der Waals surface area contributed by atoms with Crippen molar-refractivity contribution in [2.45, 2.75) is 39.5 Å². The highest BCUT2D eigenvalue weighted by Gasteiger charge is 2.26. The van der Waals surface area contributed by atoms with E-state index in [2.05, 4.69) is 181 Å². The predicted molar refractivity (Wildman–Crippen MR) is 228 cm³/mol. The van der Waals surface area contributed by atoms with E-state index in [0.29, 0.717) is 0 Å². The number of aryl methyl sites for hydroxylation is 4. The topological polar surface area (TPSA) is 9.86 Å². The molecule has 0 saturated heterocycles. The first-order valence-corrected chi connectivity index (χ1v) is 19.3. The maximum atomic E-state index is 2.55. The summed E-state index contributed by atoms with van der Waals surface area (Å²) < 4.78 is 5.02. The fourth-order valence-electron chi connectivity index (χ4n) is 9.31. The molecule has 0 atom stereocenters. The van der Waals surface area contributed by atoms with E-state index in [1.165, 1.54) is 111 Å². The van der Waals surface area contributed by atoms with Crippen LogP contribution in [0.25, 0.3) is 78.0 Å². The Labute approximate surface area is 316 Å². The Morgan fingerprint density at radius 2 is 0.944 bits per heavy atom. The second-order valence-electron chi connectivity index (χ2n) is 15.4. The van der Waals surface area contributed by atoms with Crippen molar-refractivity contribution in [3.8, 4) is 33.6 Å². The van der Waals surface area contributed by atoms with Crippen molar-refractivity contribution in [2.24, 2.45) is 0 Å². The van der Waals surface area contributed by atoms with Gasteiger partial charge in [0.05, 0.1) is 16.6 Å². The molecule has 2 heteroatoms. The van der Waals surface area contributed by atoms with Crippen molar-refractivity contribution in [2.75, 3.05) is 0 Å². The average molecular weight is 693 g/mol. The maximum absolute atomic E-state index is 2.55. The third-order valence-corrected chi connectivity index (χ3v) is 12.1. The Bertz CT molecular complexity index is 2950. The summed E-state index contributed by atoms with van der Waals surface area (Å²) in [6, 6.07) is 56.9. The van der Waals surface area contributed by atoms with E-state index < -0.39 is 0 Å². The van der Waals surface area contributed by atoms with E-state index in [-0.39, 0.29) is 0 Å². The molecule has 7 aromatic carbocycles. The molecule has 0 spiro atoms. The Hall–Kier alpha value is -6.38. The normalized spacial score (nSPS) is 13.6. The Kier molecular flexibility index (Phi) is 6.97. The SMILES string of the molecule is Cc1ccc(C2=Cc3c(n(-c4ccccc4)c4cc5c(cc34)CCc3cc4c6cc(-c7ccc(C)cc7)ccc6n(-c6ccccc6)c4cc3-5)CC2)cc1. The first-order valence-electron chi connectivity index (χ1n) is 19.3. The Morgan fingerprint density at radius 1 is 0.407 bits per heavy atom. The molecular weight excluding hydrogens is 653 g/mol. The minimum Gasteiger partial charge on any atom is -0.313 e. The van der Waals surface area contributed by atoms with Crippen LogP contribution in [0.5, 0.6) is 0 Å². The van der Waals surface area contributed by atoms with Crippen molar-refractivity contribution in [1.82, 2.24) is 9.13 Å². The molecule has 9 aromatic rings. The second kappa shape index (κ2) is 12.1. The number of para-hydroxylation sites is 2. The number of rotatable bonds is 4. The van der Waals surface area contributed by atoms with Gasteiger partial charge in [-0.25, -0.2) is 0 Å². The number of nitrogens with zero attached hydrogens (tertiary/aromatic N) is 2. The molecule has 54 heavy (non-hydrogen) atoms. The third kappa shape index (κ3) is 4.87. The molecule has 0 saturated carbocycles. The maximum Gasteiger partial charge on any atom is 0.0547 e. The van der Waals surface area contributed by atoms with Gasteiger partial charge in [0.15, 0.2) is 0 Å². The van der Waals surface area contributed by atoms with Gasteiger partial charge in [-0.05, 0) is 151 Å². The molecule has 2 aliphatic carbocycles. The largest absolute Gasteiger partial charge is 0.313 e. The zero-order chi connectivity index (χ0) is 35.9. The van der Waals surface area contributed by atoms with Crippen LogP contribution >= 0.6 is 0 Å². The number of benzene rings is 7.